The number of benzene rings is 1. The summed E-state index contributed by atoms with van der Waals surface area (Å²) >= 11 is 0. The van der Waals surface area contributed by atoms with Crippen LogP contribution in [0, 0.1) is 6.92 Å². The van der Waals surface area contributed by atoms with Gasteiger partial charge in [0.25, 0.3) is 5.91 Å². The van der Waals surface area contributed by atoms with E-state index in [9.17, 15) is 4.79 Å². The van der Waals surface area contributed by atoms with Crippen molar-refractivity contribution in [1.29, 1.82) is 0 Å². The topological polar surface area (TPSA) is 78.8 Å². The van der Waals surface area contributed by atoms with Crippen molar-refractivity contribution in [3.05, 3.63) is 70.8 Å². The fourth-order valence-electron chi connectivity index (χ4n) is 5.75. The van der Waals surface area contributed by atoms with Crippen LogP contribution >= 0.6 is 0 Å². The standard InChI is InChI=1S/C28H30N6O/c1-17-14-30-27-22(17)13-20(15-31-27)19-11-18-6-9-33(16-24(18)23(12-19)25-3-2-8-29-25)28(35)26-7-10-34(32-26)21-4-5-21/h7,10-15,21,25,29H,2-6,8-9,16H2,1H3,(H,30,31). The number of carbonyl (C=O) groups excluding carboxylic acids is 1. The number of aromatic nitrogens is 4. The Kier molecular flexibility index (Phi) is 4.81. The number of pyridine rings is 1. The molecule has 1 saturated carbocycles. The first-order valence-electron chi connectivity index (χ1n) is 12.8. The van der Waals surface area contributed by atoms with Gasteiger partial charge in [-0.15, -0.1) is 0 Å². The number of aryl methyl sites for hydroxylation is 1. The number of nitrogens with zero attached hydrogens (tertiary/aromatic N) is 4. The summed E-state index contributed by atoms with van der Waals surface area (Å²) in [6, 6.07) is 9.60. The monoisotopic (exact) mass is 466 g/mol. The van der Waals surface area contributed by atoms with Crippen LogP contribution in [0.1, 0.15) is 70.5 Å². The second-order valence-electron chi connectivity index (χ2n) is 10.3. The summed E-state index contributed by atoms with van der Waals surface area (Å²) < 4.78 is 1.96. The zero-order valence-electron chi connectivity index (χ0n) is 20.1. The summed E-state index contributed by atoms with van der Waals surface area (Å²) in [4.78, 5) is 23.2. The van der Waals surface area contributed by atoms with E-state index in [1.165, 1.54) is 52.5 Å². The minimum absolute atomic E-state index is 0.0436. The first kappa shape index (κ1) is 20.9. The van der Waals surface area contributed by atoms with Crippen molar-refractivity contribution < 1.29 is 4.79 Å². The molecular weight excluding hydrogens is 436 g/mol. The van der Waals surface area contributed by atoms with Gasteiger partial charge in [-0.2, -0.15) is 5.10 Å². The Labute approximate surface area is 204 Å². The Hall–Kier alpha value is -3.45. The first-order chi connectivity index (χ1) is 17.1. The molecule has 5 heterocycles. The molecule has 1 amide bonds. The van der Waals surface area contributed by atoms with Gasteiger partial charge in [0, 0.05) is 48.7 Å². The molecule has 7 nitrogen and oxygen atoms in total. The molecule has 2 fully saturated rings. The van der Waals surface area contributed by atoms with Crippen molar-refractivity contribution in [2.75, 3.05) is 13.1 Å². The first-order valence-corrected chi connectivity index (χ1v) is 12.8. The van der Waals surface area contributed by atoms with Crippen molar-refractivity contribution in [2.45, 2.75) is 57.7 Å². The Bertz CT molecular complexity index is 1440. The molecule has 0 spiro atoms. The molecule has 3 aliphatic rings. The Morgan fingerprint density at radius 2 is 2.06 bits per heavy atom. The summed E-state index contributed by atoms with van der Waals surface area (Å²) in [7, 11) is 0. The zero-order valence-corrected chi connectivity index (χ0v) is 20.1. The minimum atomic E-state index is 0.0436. The van der Waals surface area contributed by atoms with E-state index >= 15 is 0 Å². The molecule has 2 aliphatic heterocycles. The number of nitrogens with one attached hydrogen (secondary N) is 2. The fourth-order valence-corrected chi connectivity index (χ4v) is 5.75. The predicted molar refractivity (Wildman–Crippen MR) is 135 cm³/mol. The van der Waals surface area contributed by atoms with Gasteiger partial charge in [-0.05, 0) is 91.6 Å². The molecule has 7 heteroatoms. The quantitative estimate of drug-likeness (QED) is 0.457. The molecule has 2 N–H and O–H groups in total. The van der Waals surface area contributed by atoms with Crippen LogP contribution in [0.25, 0.3) is 22.2 Å². The second kappa shape index (κ2) is 8.05. The number of fused-ring (bicyclic) bond motifs is 2. The molecule has 1 aromatic carbocycles. The third-order valence-electron chi connectivity index (χ3n) is 7.92. The molecule has 0 radical (unpaired) electrons. The molecule has 1 atom stereocenters. The Morgan fingerprint density at radius 1 is 1.14 bits per heavy atom. The Balaban J connectivity index is 1.25. The SMILES string of the molecule is Cc1c[nH]c2ncc(-c3cc4c(c(C5CCCN5)c3)CN(C(=O)c3ccn(C5CC5)n3)CC4)cc12. The lowest BCUT2D eigenvalue weighted by Gasteiger charge is -2.32. The van der Waals surface area contributed by atoms with Gasteiger partial charge in [-0.3, -0.25) is 9.48 Å². The summed E-state index contributed by atoms with van der Waals surface area (Å²) in [5, 5.41) is 9.45. The van der Waals surface area contributed by atoms with E-state index in [-0.39, 0.29) is 5.91 Å². The van der Waals surface area contributed by atoms with Crippen molar-refractivity contribution in [3.63, 3.8) is 0 Å². The van der Waals surface area contributed by atoms with Gasteiger partial charge in [-0.25, -0.2) is 4.98 Å². The predicted octanol–water partition coefficient (Wildman–Crippen LogP) is 4.69. The normalized spacial score (nSPS) is 19.9. The van der Waals surface area contributed by atoms with Crippen LogP contribution in [0.5, 0.6) is 0 Å². The molecule has 4 aromatic rings. The van der Waals surface area contributed by atoms with Gasteiger partial charge in [0.2, 0.25) is 0 Å². The van der Waals surface area contributed by atoms with Crippen LogP contribution in [0.4, 0.5) is 0 Å². The fraction of sp³-hybridized carbons (Fsp3) is 0.393. The average Bonchev–Trinajstić information content (AvgIpc) is 3.26. The minimum Gasteiger partial charge on any atom is -0.346 e. The summed E-state index contributed by atoms with van der Waals surface area (Å²) in [6.45, 7) is 4.52. The van der Waals surface area contributed by atoms with E-state index in [0.29, 0.717) is 24.3 Å². The average molecular weight is 467 g/mol. The number of aromatic amines is 1. The maximum Gasteiger partial charge on any atom is 0.274 e. The largest absolute Gasteiger partial charge is 0.346 e. The van der Waals surface area contributed by atoms with E-state index in [1.54, 1.807) is 0 Å². The summed E-state index contributed by atoms with van der Waals surface area (Å²) in [6.07, 6.45) is 11.4. The van der Waals surface area contributed by atoms with Crippen LogP contribution in [-0.4, -0.2) is 43.6 Å². The maximum atomic E-state index is 13.3. The summed E-state index contributed by atoms with van der Waals surface area (Å²) in [5.41, 5.74) is 9.06. The van der Waals surface area contributed by atoms with Crippen molar-refractivity contribution in [3.8, 4) is 11.1 Å². The van der Waals surface area contributed by atoms with Gasteiger partial charge in [0.1, 0.15) is 11.3 Å². The molecule has 1 unspecified atom stereocenters. The highest BCUT2D eigenvalue weighted by Gasteiger charge is 2.30. The number of amides is 1. The van der Waals surface area contributed by atoms with Gasteiger partial charge >= 0.3 is 0 Å². The lowest BCUT2D eigenvalue weighted by molar-refractivity contribution is 0.0727. The number of rotatable bonds is 4. The lowest BCUT2D eigenvalue weighted by atomic mass is 9.87. The van der Waals surface area contributed by atoms with Crippen molar-refractivity contribution in [2.24, 2.45) is 0 Å². The van der Waals surface area contributed by atoms with Crippen LogP contribution in [-0.2, 0) is 13.0 Å². The molecule has 0 bridgehead atoms. The molecule has 178 valence electrons. The molecule has 1 saturated heterocycles. The highest BCUT2D eigenvalue weighted by Crippen LogP contribution is 2.37. The maximum absolute atomic E-state index is 13.3. The van der Waals surface area contributed by atoms with Gasteiger partial charge in [0.15, 0.2) is 0 Å². The number of hydrogen-bond donors (Lipinski definition) is 2. The molecule has 1 aliphatic carbocycles. The number of H-pyrrole nitrogens is 1. The molecule has 7 rings (SSSR count). The van der Waals surface area contributed by atoms with E-state index < -0.39 is 0 Å². The highest BCUT2D eigenvalue weighted by molar-refractivity contribution is 5.92. The molecular formula is C28H30N6O. The van der Waals surface area contributed by atoms with Crippen LogP contribution in [0.2, 0.25) is 0 Å². The third kappa shape index (κ3) is 3.65. The lowest BCUT2D eigenvalue weighted by Crippen LogP contribution is -2.37. The van der Waals surface area contributed by atoms with E-state index in [2.05, 4.69) is 45.5 Å². The van der Waals surface area contributed by atoms with Gasteiger partial charge in [0.05, 0.1) is 6.04 Å². The van der Waals surface area contributed by atoms with Crippen molar-refractivity contribution >= 4 is 16.9 Å². The van der Waals surface area contributed by atoms with Crippen LogP contribution in [0.3, 0.4) is 0 Å². The van der Waals surface area contributed by atoms with Gasteiger partial charge < -0.3 is 15.2 Å². The third-order valence-corrected chi connectivity index (χ3v) is 7.92. The molecule has 35 heavy (non-hydrogen) atoms. The van der Waals surface area contributed by atoms with E-state index in [4.69, 9.17) is 0 Å². The van der Waals surface area contributed by atoms with Gasteiger partial charge in [-0.1, -0.05) is 6.07 Å². The summed E-state index contributed by atoms with van der Waals surface area (Å²) in [5.74, 6) is 0.0436. The van der Waals surface area contributed by atoms with Crippen molar-refractivity contribution in [1.82, 2.24) is 30.0 Å². The number of hydrogen-bond acceptors (Lipinski definition) is 4. The Morgan fingerprint density at radius 3 is 2.89 bits per heavy atom. The smallest absolute Gasteiger partial charge is 0.274 e. The van der Waals surface area contributed by atoms with Crippen LogP contribution < -0.4 is 5.32 Å². The zero-order chi connectivity index (χ0) is 23.5. The second-order valence-corrected chi connectivity index (χ2v) is 10.3. The molecule has 3 aromatic heterocycles. The highest BCUT2D eigenvalue weighted by atomic mass is 16.2. The van der Waals surface area contributed by atoms with E-state index in [0.717, 1.165) is 37.1 Å². The number of carbonyl (C=O) groups is 1. The van der Waals surface area contributed by atoms with Crippen LogP contribution in [0.15, 0.2) is 42.9 Å². The van der Waals surface area contributed by atoms with E-state index in [1.807, 2.05) is 34.2 Å².